The maximum absolute atomic E-state index is 9.13. The normalized spacial score (nSPS) is 21.7. The van der Waals surface area contributed by atoms with Crippen LogP contribution in [0.3, 0.4) is 0 Å². The van der Waals surface area contributed by atoms with E-state index in [-0.39, 0.29) is 6.61 Å². The number of hydrogen-bond acceptors (Lipinski definition) is 3. The molecule has 2 rings (SSSR count). The Kier molecular flexibility index (Phi) is 3.67. The molecule has 2 atom stereocenters. The second-order valence-corrected chi connectivity index (χ2v) is 6.10. The fourth-order valence-electron chi connectivity index (χ4n) is 2.06. The lowest BCUT2D eigenvalue weighted by atomic mass is 9.99. The summed E-state index contributed by atoms with van der Waals surface area (Å²) in [5, 5.41) is 14.9. The van der Waals surface area contributed by atoms with Gasteiger partial charge in [0.25, 0.3) is 0 Å². The summed E-state index contributed by atoms with van der Waals surface area (Å²) in [5.74, 6) is 0. The van der Waals surface area contributed by atoms with Crippen molar-refractivity contribution < 1.29 is 5.11 Å². The van der Waals surface area contributed by atoms with E-state index in [1.807, 2.05) is 0 Å². The molecule has 1 aromatic heterocycles. The van der Waals surface area contributed by atoms with Crippen molar-refractivity contribution in [3.8, 4) is 0 Å². The molecule has 0 saturated heterocycles. The third-order valence-corrected chi connectivity index (χ3v) is 4.83. The minimum absolute atomic E-state index is 0.249. The number of hydrogen-bond donors (Lipinski definition) is 2. The Labute approximate surface area is 102 Å². The van der Waals surface area contributed by atoms with Crippen molar-refractivity contribution in [1.29, 1.82) is 0 Å². The van der Waals surface area contributed by atoms with Crippen LogP contribution < -0.4 is 5.32 Å². The third kappa shape index (κ3) is 2.65. The van der Waals surface area contributed by atoms with Crippen molar-refractivity contribution in [3.63, 3.8) is 0 Å². The molecule has 2 N–H and O–H groups in total. The molecule has 0 radical (unpaired) electrons. The van der Waals surface area contributed by atoms with Crippen LogP contribution >= 0.6 is 11.3 Å². The monoisotopic (exact) mass is 239 g/mol. The van der Waals surface area contributed by atoms with E-state index >= 15 is 0 Å². The van der Waals surface area contributed by atoms with Crippen LogP contribution in [0, 0.1) is 5.41 Å². The van der Waals surface area contributed by atoms with Gasteiger partial charge in [0.15, 0.2) is 0 Å². The molecule has 1 aromatic rings. The van der Waals surface area contributed by atoms with Crippen LogP contribution in [0.15, 0.2) is 17.5 Å². The van der Waals surface area contributed by atoms with Gasteiger partial charge in [-0.05, 0) is 43.0 Å². The number of aliphatic hydroxyl groups excluding tert-OH is 1. The molecule has 1 fully saturated rings. The van der Waals surface area contributed by atoms with Crippen LogP contribution in [0.2, 0.25) is 0 Å². The van der Waals surface area contributed by atoms with E-state index in [9.17, 15) is 0 Å². The summed E-state index contributed by atoms with van der Waals surface area (Å²) >= 11 is 1.77. The minimum atomic E-state index is 0.249. The lowest BCUT2D eigenvalue weighted by Crippen LogP contribution is -2.36. The van der Waals surface area contributed by atoms with E-state index in [2.05, 4.69) is 36.7 Å². The van der Waals surface area contributed by atoms with Crippen LogP contribution in [0.4, 0.5) is 0 Å². The van der Waals surface area contributed by atoms with Gasteiger partial charge >= 0.3 is 0 Å². The molecule has 1 heterocycles. The topological polar surface area (TPSA) is 32.3 Å². The standard InChI is InChI=1S/C13H21NOS/c1-10(13(2)6-7-13)14-11(5-8-15)12-4-3-9-16-12/h3-4,9-11,14-15H,5-8H2,1-2H3. The largest absolute Gasteiger partial charge is 0.396 e. The average molecular weight is 239 g/mol. The molecule has 2 unspecified atom stereocenters. The highest BCUT2D eigenvalue weighted by atomic mass is 32.1. The summed E-state index contributed by atoms with van der Waals surface area (Å²) in [6.45, 7) is 4.86. The van der Waals surface area contributed by atoms with Crippen LogP contribution in [0.1, 0.15) is 44.0 Å². The number of thiophene rings is 1. The predicted octanol–water partition coefficient (Wildman–Crippen LogP) is 2.95. The maximum atomic E-state index is 9.13. The number of nitrogens with one attached hydrogen (secondary N) is 1. The maximum Gasteiger partial charge on any atom is 0.0449 e. The smallest absolute Gasteiger partial charge is 0.0449 e. The average Bonchev–Trinajstić information content (AvgIpc) is 2.83. The zero-order valence-corrected chi connectivity index (χ0v) is 10.9. The first-order valence-electron chi connectivity index (χ1n) is 6.06. The van der Waals surface area contributed by atoms with Gasteiger partial charge in [-0.1, -0.05) is 13.0 Å². The van der Waals surface area contributed by atoms with Gasteiger partial charge in [-0.15, -0.1) is 11.3 Å². The van der Waals surface area contributed by atoms with Gasteiger partial charge in [-0.2, -0.15) is 0 Å². The Bertz CT molecular complexity index is 319. The number of rotatable bonds is 6. The Hall–Kier alpha value is -0.380. The fourth-order valence-corrected chi connectivity index (χ4v) is 2.88. The Balaban J connectivity index is 1.97. The summed E-state index contributed by atoms with van der Waals surface area (Å²) in [4.78, 5) is 1.34. The van der Waals surface area contributed by atoms with E-state index in [4.69, 9.17) is 5.11 Å². The van der Waals surface area contributed by atoms with Crippen molar-refractivity contribution >= 4 is 11.3 Å². The first kappa shape index (κ1) is 12.1. The van der Waals surface area contributed by atoms with Crippen molar-refractivity contribution in [2.45, 2.75) is 45.2 Å². The number of aliphatic hydroxyl groups is 1. The highest BCUT2D eigenvalue weighted by molar-refractivity contribution is 7.10. The summed E-state index contributed by atoms with van der Waals surface area (Å²) in [6, 6.07) is 5.08. The van der Waals surface area contributed by atoms with Crippen molar-refractivity contribution in [3.05, 3.63) is 22.4 Å². The van der Waals surface area contributed by atoms with Gasteiger partial charge < -0.3 is 10.4 Å². The van der Waals surface area contributed by atoms with Crippen molar-refractivity contribution in [2.24, 2.45) is 5.41 Å². The molecule has 90 valence electrons. The zero-order valence-electron chi connectivity index (χ0n) is 10.1. The van der Waals surface area contributed by atoms with E-state index in [1.165, 1.54) is 17.7 Å². The SMILES string of the molecule is CC(NC(CCO)c1cccs1)C1(C)CC1. The van der Waals surface area contributed by atoms with Gasteiger partial charge in [0.1, 0.15) is 0 Å². The molecule has 0 aliphatic heterocycles. The molecule has 2 nitrogen and oxygen atoms in total. The molecule has 1 aliphatic carbocycles. The van der Waals surface area contributed by atoms with Crippen LogP contribution in [-0.2, 0) is 0 Å². The predicted molar refractivity (Wildman–Crippen MR) is 68.7 cm³/mol. The van der Waals surface area contributed by atoms with Gasteiger partial charge in [0, 0.05) is 23.6 Å². The molecule has 0 bridgehead atoms. The first-order valence-corrected chi connectivity index (χ1v) is 6.94. The second-order valence-electron chi connectivity index (χ2n) is 5.12. The van der Waals surface area contributed by atoms with Gasteiger partial charge in [0.2, 0.25) is 0 Å². The van der Waals surface area contributed by atoms with Crippen molar-refractivity contribution in [2.75, 3.05) is 6.61 Å². The Morgan fingerprint density at radius 3 is 2.81 bits per heavy atom. The van der Waals surface area contributed by atoms with E-state index in [0.717, 1.165) is 6.42 Å². The van der Waals surface area contributed by atoms with E-state index < -0.39 is 0 Å². The van der Waals surface area contributed by atoms with Gasteiger partial charge in [0.05, 0.1) is 0 Å². The Morgan fingerprint density at radius 2 is 2.31 bits per heavy atom. The fraction of sp³-hybridized carbons (Fsp3) is 0.692. The first-order chi connectivity index (χ1) is 7.65. The highest BCUT2D eigenvalue weighted by Gasteiger charge is 2.43. The molecule has 3 heteroatoms. The summed E-state index contributed by atoms with van der Waals surface area (Å²) in [6.07, 6.45) is 3.47. The van der Waals surface area contributed by atoms with Crippen molar-refractivity contribution in [1.82, 2.24) is 5.32 Å². The zero-order chi connectivity index (χ0) is 11.6. The Morgan fingerprint density at radius 1 is 1.56 bits per heavy atom. The molecule has 0 aromatic carbocycles. The summed E-state index contributed by atoms with van der Waals surface area (Å²) < 4.78 is 0. The van der Waals surface area contributed by atoms with Gasteiger partial charge in [-0.25, -0.2) is 0 Å². The molecular formula is C13H21NOS. The lowest BCUT2D eigenvalue weighted by molar-refractivity contribution is 0.249. The van der Waals surface area contributed by atoms with E-state index in [1.54, 1.807) is 11.3 Å². The molecule has 0 spiro atoms. The molecule has 1 saturated carbocycles. The summed E-state index contributed by atoms with van der Waals surface area (Å²) in [5.41, 5.74) is 0.491. The van der Waals surface area contributed by atoms with Crippen LogP contribution in [0.25, 0.3) is 0 Å². The minimum Gasteiger partial charge on any atom is -0.396 e. The van der Waals surface area contributed by atoms with Crippen LogP contribution in [0.5, 0.6) is 0 Å². The molecule has 16 heavy (non-hydrogen) atoms. The highest BCUT2D eigenvalue weighted by Crippen LogP contribution is 2.48. The molecule has 1 aliphatic rings. The second kappa shape index (κ2) is 4.86. The third-order valence-electron chi connectivity index (χ3n) is 3.84. The molecule has 0 amide bonds. The van der Waals surface area contributed by atoms with E-state index in [0.29, 0.717) is 17.5 Å². The van der Waals surface area contributed by atoms with Crippen LogP contribution in [-0.4, -0.2) is 17.8 Å². The quantitative estimate of drug-likeness (QED) is 0.800. The summed E-state index contributed by atoms with van der Waals surface area (Å²) in [7, 11) is 0. The molecular weight excluding hydrogens is 218 g/mol. The van der Waals surface area contributed by atoms with Gasteiger partial charge in [-0.3, -0.25) is 0 Å². The lowest BCUT2D eigenvalue weighted by Gasteiger charge is -2.26.